The van der Waals surface area contributed by atoms with E-state index >= 15 is 0 Å². The van der Waals surface area contributed by atoms with Crippen LogP contribution in [0.1, 0.15) is 102 Å². The van der Waals surface area contributed by atoms with Gasteiger partial charge in [0.2, 0.25) is 5.91 Å². The molecule has 0 N–H and O–H groups in total. The highest BCUT2D eigenvalue weighted by Crippen LogP contribution is 2.59. The molecule has 42 heavy (non-hydrogen) atoms. The average Bonchev–Trinajstić information content (AvgIpc) is 3.69. The first-order valence-corrected chi connectivity index (χ1v) is 15.6. The van der Waals surface area contributed by atoms with Crippen LogP contribution in [-0.4, -0.2) is 22.6 Å². The lowest BCUT2D eigenvalue weighted by Crippen LogP contribution is -2.70. The molecule has 5 aliphatic rings. The molecule has 1 radical (unpaired) electrons. The molecule has 0 bridgehead atoms. The maximum atomic E-state index is 13.0. The van der Waals surface area contributed by atoms with E-state index in [1.807, 2.05) is 36.9 Å². The SMILES string of the molecule is C.C#C[C@]1([C@@H](C)C2CCC2)C(=O)N2C(C)=C(CC3=C[CH]3)[C@H](C)[C@@H]21.CC.CCc1ccc2c(c1)C(=O)c1cccc(C)c1-2. The summed E-state index contributed by atoms with van der Waals surface area (Å²) in [6, 6.07) is 12.4. The summed E-state index contributed by atoms with van der Waals surface area (Å²) in [6.07, 6.45) is 16.0. The first-order chi connectivity index (χ1) is 19.7. The Bertz CT molecular complexity index is 1500. The van der Waals surface area contributed by atoms with Crippen LogP contribution in [0.5, 0.6) is 0 Å². The zero-order valence-electron chi connectivity index (χ0n) is 25.8. The predicted molar refractivity (Wildman–Crippen MR) is 175 cm³/mol. The van der Waals surface area contributed by atoms with Crippen molar-refractivity contribution in [2.75, 3.05) is 0 Å². The molecule has 2 fully saturated rings. The van der Waals surface area contributed by atoms with Crippen LogP contribution in [0, 0.1) is 48.9 Å². The van der Waals surface area contributed by atoms with Gasteiger partial charge in [-0.2, -0.15) is 0 Å². The van der Waals surface area contributed by atoms with Crippen LogP contribution in [0.4, 0.5) is 0 Å². The van der Waals surface area contributed by atoms with Gasteiger partial charge in [0, 0.05) is 29.2 Å². The Morgan fingerprint density at radius 3 is 2.33 bits per heavy atom. The van der Waals surface area contributed by atoms with Crippen LogP contribution in [0.25, 0.3) is 11.1 Å². The van der Waals surface area contributed by atoms with Gasteiger partial charge in [0.05, 0.1) is 6.04 Å². The molecule has 2 aromatic rings. The zero-order chi connectivity index (χ0) is 29.6. The summed E-state index contributed by atoms with van der Waals surface area (Å²) >= 11 is 0. The van der Waals surface area contributed by atoms with Gasteiger partial charge >= 0.3 is 0 Å². The lowest BCUT2D eigenvalue weighted by Gasteiger charge is -2.57. The Morgan fingerprint density at radius 1 is 1.07 bits per heavy atom. The number of amides is 1. The summed E-state index contributed by atoms with van der Waals surface area (Å²) < 4.78 is 0. The second-order valence-corrected chi connectivity index (χ2v) is 12.2. The van der Waals surface area contributed by atoms with E-state index in [-0.39, 0.29) is 25.2 Å². The van der Waals surface area contributed by atoms with Crippen LogP contribution in [0.2, 0.25) is 0 Å². The minimum Gasteiger partial charge on any atom is -0.309 e. The molecule has 7 rings (SSSR count). The number of carbonyl (C=O) groups excluding carboxylic acids is 2. The highest BCUT2D eigenvalue weighted by molar-refractivity contribution is 6.22. The Labute approximate surface area is 254 Å². The highest BCUT2D eigenvalue weighted by atomic mass is 16.2. The number of rotatable bonds is 5. The Balaban J connectivity index is 0.000000183. The molecular formula is C39H48NO2. The minimum atomic E-state index is -0.560. The molecule has 3 aliphatic carbocycles. The van der Waals surface area contributed by atoms with Crippen LogP contribution in [0.3, 0.4) is 0 Å². The lowest BCUT2D eigenvalue weighted by molar-refractivity contribution is -0.169. The average molecular weight is 563 g/mol. The normalized spacial score (nSPS) is 25.1. The van der Waals surface area contributed by atoms with Crippen molar-refractivity contribution in [3.8, 4) is 23.5 Å². The first kappa shape index (κ1) is 31.6. The monoisotopic (exact) mass is 562 g/mol. The molecule has 2 heterocycles. The fourth-order valence-corrected chi connectivity index (χ4v) is 7.56. The third kappa shape index (κ3) is 4.68. The number of fused-ring (bicyclic) bond motifs is 4. The van der Waals surface area contributed by atoms with Crippen molar-refractivity contribution in [2.45, 2.75) is 94.0 Å². The number of allylic oxidation sites excluding steroid dienone is 3. The van der Waals surface area contributed by atoms with E-state index in [1.165, 1.54) is 41.5 Å². The van der Waals surface area contributed by atoms with E-state index in [4.69, 9.17) is 6.42 Å². The van der Waals surface area contributed by atoms with E-state index in [1.54, 1.807) is 0 Å². The number of benzene rings is 2. The number of hydrogen-bond acceptors (Lipinski definition) is 2. The third-order valence-corrected chi connectivity index (χ3v) is 10.3. The van der Waals surface area contributed by atoms with Gasteiger partial charge in [0.25, 0.3) is 0 Å². The maximum Gasteiger partial charge on any atom is 0.247 e. The number of hydrogen-bond donors (Lipinski definition) is 0. The number of ketones is 1. The van der Waals surface area contributed by atoms with Crippen molar-refractivity contribution in [2.24, 2.45) is 23.2 Å². The summed E-state index contributed by atoms with van der Waals surface area (Å²) in [5, 5.41) is 0. The molecule has 1 saturated heterocycles. The fourth-order valence-electron chi connectivity index (χ4n) is 7.56. The molecule has 0 spiro atoms. The molecule has 1 amide bonds. The maximum absolute atomic E-state index is 13.0. The Kier molecular flexibility index (Phi) is 9.08. The van der Waals surface area contributed by atoms with Gasteiger partial charge in [-0.05, 0) is 72.4 Å². The second kappa shape index (κ2) is 12.1. The van der Waals surface area contributed by atoms with Gasteiger partial charge in [-0.15, -0.1) is 6.42 Å². The number of aryl methyl sites for hydroxylation is 2. The van der Waals surface area contributed by atoms with Gasteiger partial charge in [-0.3, -0.25) is 9.59 Å². The largest absolute Gasteiger partial charge is 0.309 e. The number of terminal acetylenes is 1. The van der Waals surface area contributed by atoms with Gasteiger partial charge in [0.15, 0.2) is 5.78 Å². The minimum absolute atomic E-state index is 0. The van der Waals surface area contributed by atoms with Crippen molar-refractivity contribution in [1.82, 2.24) is 4.90 Å². The summed E-state index contributed by atoms with van der Waals surface area (Å²) in [6.45, 7) is 14.8. The second-order valence-electron chi connectivity index (χ2n) is 12.2. The lowest BCUT2D eigenvalue weighted by atomic mass is 9.55. The van der Waals surface area contributed by atoms with Crippen molar-refractivity contribution < 1.29 is 9.59 Å². The van der Waals surface area contributed by atoms with E-state index in [0.717, 1.165) is 40.8 Å². The zero-order valence-corrected chi connectivity index (χ0v) is 25.8. The van der Waals surface area contributed by atoms with Crippen molar-refractivity contribution in [3.05, 3.63) is 88.0 Å². The van der Waals surface area contributed by atoms with Gasteiger partial charge < -0.3 is 4.90 Å². The molecule has 221 valence electrons. The summed E-state index contributed by atoms with van der Waals surface area (Å²) in [4.78, 5) is 27.3. The number of β-lactam (4-membered cyclic amide) rings is 1. The third-order valence-electron chi connectivity index (χ3n) is 10.3. The summed E-state index contributed by atoms with van der Waals surface area (Å²) in [5.74, 6) is 4.67. The van der Waals surface area contributed by atoms with Crippen LogP contribution >= 0.6 is 0 Å². The van der Waals surface area contributed by atoms with Crippen LogP contribution < -0.4 is 0 Å². The number of carbonyl (C=O) groups is 2. The first-order valence-electron chi connectivity index (χ1n) is 15.6. The quantitative estimate of drug-likeness (QED) is 0.230. The summed E-state index contributed by atoms with van der Waals surface area (Å²) in [7, 11) is 0. The molecule has 2 aliphatic heterocycles. The van der Waals surface area contributed by atoms with E-state index in [0.29, 0.717) is 17.8 Å². The summed E-state index contributed by atoms with van der Waals surface area (Å²) in [5.41, 5.74) is 9.76. The fraction of sp³-hybridized carbons (Fsp3) is 0.462. The van der Waals surface area contributed by atoms with Crippen molar-refractivity contribution in [3.63, 3.8) is 0 Å². The molecule has 0 unspecified atom stereocenters. The molecule has 2 aromatic carbocycles. The molecule has 0 aromatic heterocycles. The number of nitrogens with zero attached hydrogens (tertiary/aromatic N) is 1. The molecule has 1 saturated carbocycles. The predicted octanol–water partition coefficient (Wildman–Crippen LogP) is 9.14. The smallest absolute Gasteiger partial charge is 0.247 e. The molecule has 3 heteroatoms. The van der Waals surface area contributed by atoms with E-state index in [9.17, 15) is 9.59 Å². The van der Waals surface area contributed by atoms with E-state index in [2.05, 4.69) is 71.2 Å². The van der Waals surface area contributed by atoms with Gasteiger partial charge in [0.1, 0.15) is 5.41 Å². The topological polar surface area (TPSA) is 37.4 Å². The standard InChI is InChI=1S/C20H24NO.C16H14O.C2H6.CH4/c1-5-20(13(3)16-7-6-8-16)18-12(2)17(11-15-9-10-15)14(4)21(18)19(20)22;1-3-11-7-8-12-14(9-11)16(17)13-6-4-5-10(2)15(12)13;1-2;/h1,9-10,12-13,16,18H,6-8,11H2,2-4H3;4-9H,3H2,1-2H3;1-2H3;1H4/t12-,13-,18+,20+;;;/m0.../s1. The highest BCUT2D eigenvalue weighted by Gasteiger charge is 2.68. The van der Waals surface area contributed by atoms with Gasteiger partial charge in [-0.1, -0.05) is 109 Å². The van der Waals surface area contributed by atoms with Crippen molar-refractivity contribution in [1.29, 1.82) is 0 Å². The van der Waals surface area contributed by atoms with E-state index < -0.39 is 5.41 Å². The Morgan fingerprint density at radius 2 is 1.76 bits per heavy atom. The van der Waals surface area contributed by atoms with Crippen LogP contribution in [-0.2, 0) is 11.2 Å². The van der Waals surface area contributed by atoms with Crippen LogP contribution in [0.15, 0.2) is 59.3 Å². The molecular weight excluding hydrogens is 514 g/mol. The molecule has 4 atom stereocenters. The Hall–Kier alpha value is -3.38. The van der Waals surface area contributed by atoms with Gasteiger partial charge in [-0.25, -0.2) is 0 Å². The molecule has 3 nitrogen and oxygen atoms in total. The van der Waals surface area contributed by atoms with Crippen molar-refractivity contribution >= 4 is 11.7 Å².